The summed E-state index contributed by atoms with van der Waals surface area (Å²) in [4.78, 5) is 25.7. The number of carboxylic acids is 1. The van der Waals surface area contributed by atoms with Crippen molar-refractivity contribution in [3.63, 3.8) is 0 Å². The molecule has 0 radical (unpaired) electrons. The first-order valence-electron chi connectivity index (χ1n) is 8.41. The number of hydrogen-bond donors (Lipinski definition) is 1. The van der Waals surface area contributed by atoms with Crippen LogP contribution in [0.1, 0.15) is 11.5 Å². The van der Waals surface area contributed by atoms with Gasteiger partial charge in [0.1, 0.15) is 11.5 Å². The molecule has 2 atom stereocenters. The third-order valence-electron chi connectivity index (χ3n) is 4.62. The minimum absolute atomic E-state index is 0.138. The van der Waals surface area contributed by atoms with Gasteiger partial charge in [0.15, 0.2) is 6.61 Å². The molecule has 26 heavy (non-hydrogen) atoms. The lowest BCUT2D eigenvalue weighted by atomic mass is 9.89. The van der Waals surface area contributed by atoms with Gasteiger partial charge in [-0.05, 0) is 17.7 Å². The predicted octanol–water partition coefficient (Wildman–Crippen LogP) is 2.40. The van der Waals surface area contributed by atoms with Crippen LogP contribution in [0.5, 0.6) is 11.5 Å². The van der Waals surface area contributed by atoms with E-state index in [1.165, 1.54) is 0 Å². The molecule has 0 saturated carbocycles. The average molecular weight is 355 g/mol. The second-order valence-electron chi connectivity index (χ2n) is 6.23. The Labute approximate surface area is 152 Å². The lowest BCUT2D eigenvalue weighted by Crippen LogP contribution is -2.33. The van der Waals surface area contributed by atoms with Gasteiger partial charge in [0.05, 0.1) is 13.0 Å². The molecular weight excluding hydrogens is 334 g/mol. The van der Waals surface area contributed by atoms with Gasteiger partial charge in [-0.1, -0.05) is 36.4 Å². The molecule has 2 aromatic carbocycles. The number of nitrogens with zero attached hydrogens (tertiary/aromatic N) is 1. The Balaban J connectivity index is 1.65. The number of carbonyl (C=O) groups is 2. The van der Waals surface area contributed by atoms with Crippen LogP contribution >= 0.6 is 0 Å². The van der Waals surface area contributed by atoms with E-state index in [0.29, 0.717) is 18.0 Å². The standard InChI is InChI=1S/C20H21NO5/c1-25-15-8-5-9-16(10-15)26-13-19(22)21-11-17(18(12-21)20(23)24)14-6-3-2-4-7-14/h2-10,17-18H,11-13H2,1H3,(H,23,24)/t17-,18-/m0/s1. The number of ether oxygens (including phenoxy) is 2. The smallest absolute Gasteiger partial charge is 0.308 e. The van der Waals surface area contributed by atoms with Gasteiger partial charge in [0.25, 0.3) is 5.91 Å². The number of aliphatic carboxylic acids is 1. The summed E-state index contributed by atoms with van der Waals surface area (Å²) in [6.07, 6.45) is 0. The summed E-state index contributed by atoms with van der Waals surface area (Å²) in [5, 5.41) is 9.53. The molecule has 2 aromatic rings. The van der Waals surface area contributed by atoms with Crippen LogP contribution in [0, 0.1) is 5.92 Å². The van der Waals surface area contributed by atoms with E-state index < -0.39 is 11.9 Å². The van der Waals surface area contributed by atoms with Gasteiger partial charge in [-0.15, -0.1) is 0 Å². The van der Waals surface area contributed by atoms with E-state index in [1.807, 2.05) is 30.3 Å². The van der Waals surface area contributed by atoms with Crippen molar-refractivity contribution in [1.82, 2.24) is 4.90 Å². The van der Waals surface area contributed by atoms with Crippen molar-refractivity contribution in [1.29, 1.82) is 0 Å². The van der Waals surface area contributed by atoms with E-state index in [4.69, 9.17) is 9.47 Å². The first kappa shape index (κ1) is 17.8. The summed E-state index contributed by atoms with van der Waals surface area (Å²) in [6, 6.07) is 16.5. The first-order chi connectivity index (χ1) is 12.6. The highest BCUT2D eigenvalue weighted by Gasteiger charge is 2.40. The minimum Gasteiger partial charge on any atom is -0.497 e. The van der Waals surface area contributed by atoms with Crippen LogP contribution in [0.2, 0.25) is 0 Å². The highest BCUT2D eigenvalue weighted by molar-refractivity contribution is 5.80. The molecule has 0 aromatic heterocycles. The fourth-order valence-electron chi connectivity index (χ4n) is 3.22. The van der Waals surface area contributed by atoms with Crippen LogP contribution in [0.4, 0.5) is 0 Å². The third-order valence-corrected chi connectivity index (χ3v) is 4.62. The Morgan fingerprint density at radius 1 is 1.08 bits per heavy atom. The number of carbonyl (C=O) groups excluding carboxylic acids is 1. The summed E-state index contributed by atoms with van der Waals surface area (Å²) in [6.45, 7) is 0.428. The number of carboxylic acid groups (broad SMARTS) is 1. The molecule has 1 fully saturated rings. The number of benzene rings is 2. The van der Waals surface area contributed by atoms with E-state index in [2.05, 4.69) is 0 Å². The van der Waals surface area contributed by atoms with E-state index in [1.54, 1.807) is 36.3 Å². The van der Waals surface area contributed by atoms with Crippen molar-refractivity contribution in [2.75, 3.05) is 26.8 Å². The minimum atomic E-state index is -0.886. The number of amides is 1. The molecule has 1 N–H and O–H groups in total. The Hall–Kier alpha value is -3.02. The van der Waals surface area contributed by atoms with Crippen LogP contribution < -0.4 is 9.47 Å². The maximum Gasteiger partial charge on any atom is 0.308 e. The summed E-state index contributed by atoms with van der Waals surface area (Å²) >= 11 is 0. The number of likely N-dealkylation sites (tertiary alicyclic amines) is 1. The topological polar surface area (TPSA) is 76.1 Å². The molecule has 6 heteroatoms. The summed E-state index contributed by atoms with van der Waals surface area (Å²) < 4.78 is 10.7. The zero-order valence-corrected chi connectivity index (χ0v) is 14.5. The molecule has 0 aliphatic carbocycles. The largest absolute Gasteiger partial charge is 0.497 e. The zero-order chi connectivity index (χ0) is 18.5. The van der Waals surface area contributed by atoms with Gasteiger partial charge in [-0.2, -0.15) is 0 Å². The molecule has 1 aliphatic rings. The number of hydrogen-bond acceptors (Lipinski definition) is 4. The van der Waals surface area contributed by atoms with Gasteiger partial charge < -0.3 is 19.5 Å². The maximum atomic E-state index is 12.5. The van der Waals surface area contributed by atoms with Crippen LogP contribution in [0.15, 0.2) is 54.6 Å². The summed E-state index contributed by atoms with van der Waals surface area (Å²) in [5.74, 6) is -0.759. The molecule has 136 valence electrons. The van der Waals surface area contributed by atoms with Crippen molar-refractivity contribution < 1.29 is 24.2 Å². The quantitative estimate of drug-likeness (QED) is 0.861. The zero-order valence-electron chi connectivity index (χ0n) is 14.5. The molecule has 0 unspecified atom stereocenters. The molecule has 6 nitrogen and oxygen atoms in total. The number of methoxy groups -OCH3 is 1. The van der Waals surface area contributed by atoms with Gasteiger partial charge in [0, 0.05) is 25.1 Å². The van der Waals surface area contributed by atoms with Crippen molar-refractivity contribution in [3.05, 3.63) is 60.2 Å². The fraction of sp³-hybridized carbons (Fsp3) is 0.300. The highest BCUT2D eigenvalue weighted by atomic mass is 16.5. The average Bonchev–Trinajstić information content (AvgIpc) is 3.13. The van der Waals surface area contributed by atoms with Crippen LogP contribution in [-0.4, -0.2) is 48.7 Å². The Morgan fingerprint density at radius 3 is 2.50 bits per heavy atom. The highest BCUT2D eigenvalue weighted by Crippen LogP contribution is 2.33. The Kier molecular flexibility index (Phi) is 5.41. The number of rotatable bonds is 6. The maximum absolute atomic E-state index is 12.5. The molecule has 1 heterocycles. The van der Waals surface area contributed by atoms with Crippen molar-refractivity contribution in [2.45, 2.75) is 5.92 Å². The predicted molar refractivity (Wildman–Crippen MR) is 95.4 cm³/mol. The van der Waals surface area contributed by atoms with Crippen molar-refractivity contribution in [3.8, 4) is 11.5 Å². The summed E-state index contributed by atoms with van der Waals surface area (Å²) in [7, 11) is 1.56. The van der Waals surface area contributed by atoms with Crippen LogP contribution in [0.25, 0.3) is 0 Å². The van der Waals surface area contributed by atoms with Crippen molar-refractivity contribution >= 4 is 11.9 Å². The molecule has 3 rings (SSSR count). The third kappa shape index (κ3) is 3.96. The van der Waals surface area contributed by atoms with Gasteiger partial charge in [0.2, 0.25) is 0 Å². The van der Waals surface area contributed by atoms with Crippen LogP contribution in [-0.2, 0) is 9.59 Å². The lowest BCUT2D eigenvalue weighted by molar-refractivity contribution is -0.142. The molecule has 0 bridgehead atoms. The van der Waals surface area contributed by atoms with E-state index in [0.717, 1.165) is 5.56 Å². The van der Waals surface area contributed by atoms with Gasteiger partial charge in [-0.3, -0.25) is 9.59 Å². The first-order valence-corrected chi connectivity index (χ1v) is 8.41. The van der Waals surface area contributed by atoms with Gasteiger partial charge in [-0.25, -0.2) is 0 Å². The lowest BCUT2D eigenvalue weighted by Gasteiger charge is -2.17. The molecule has 0 spiro atoms. The van der Waals surface area contributed by atoms with E-state index >= 15 is 0 Å². The SMILES string of the molecule is COc1cccc(OCC(=O)N2C[C@H](C(=O)O)[C@H](c3ccccc3)C2)c1. The van der Waals surface area contributed by atoms with Crippen LogP contribution in [0.3, 0.4) is 0 Å². The molecule has 1 saturated heterocycles. The Morgan fingerprint density at radius 2 is 1.81 bits per heavy atom. The van der Waals surface area contributed by atoms with Crippen molar-refractivity contribution in [2.24, 2.45) is 5.92 Å². The summed E-state index contributed by atoms with van der Waals surface area (Å²) in [5.41, 5.74) is 0.934. The molecule has 1 aliphatic heterocycles. The fourth-order valence-corrected chi connectivity index (χ4v) is 3.22. The monoisotopic (exact) mass is 355 g/mol. The molecule has 1 amide bonds. The van der Waals surface area contributed by atoms with E-state index in [-0.39, 0.29) is 25.0 Å². The Bertz CT molecular complexity index is 777. The normalized spacial score (nSPS) is 19.2. The second-order valence-corrected chi connectivity index (χ2v) is 6.23. The van der Waals surface area contributed by atoms with Gasteiger partial charge >= 0.3 is 5.97 Å². The van der Waals surface area contributed by atoms with E-state index in [9.17, 15) is 14.7 Å². The second kappa shape index (κ2) is 7.91. The molecular formula is C20H21NO5.